The SMILES string of the molecule is CCC(CNc1n[nH]c(-c2ccc(C)cc2)c1-c1ccncc1)N(C)CC. The molecule has 0 saturated carbocycles. The van der Waals surface area contributed by atoms with Crippen molar-refractivity contribution in [2.75, 3.05) is 25.5 Å². The normalized spacial score (nSPS) is 12.3. The topological polar surface area (TPSA) is 56.8 Å². The number of aromatic amines is 1. The molecule has 0 saturated heterocycles. The van der Waals surface area contributed by atoms with E-state index in [1.807, 2.05) is 24.5 Å². The highest BCUT2D eigenvalue weighted by molar-refractivity contribution is 5.88. The van der Waals surface area contributed by atoms with Crippen LogP contribution in [0.5, 0.6) is 0 Å². The third kappa shape index (κ3) is 4.37. The van der Waals surface area contributed by atoms with Crippen LogP contribution in [0.25, 0.3) is 22.4 Å². The lowest BCUT2D eigenvalue weighted by atomic mass is 10.0. The lowest BCUT2D eigenvalue weighted by molar-refractivity contribution is 0.258. The van der Waals surface area contributed by atoms with E-state index < -0.39 is 0 Å². The lowest BCUT2D eigenvalue weighted by Gasteiger charge is -2.26. The number of H-pyrrole nitrogens is 1. The molecular formula is C22H29N5. The van der Waals surface area contributed by atoms with Crippen molar-refractivity contribution in [1.82, 2.24) is 20.1 Å². The number of hydrogen-bond donors (Lipinski definition) is 2. The summed E-state index contributed by atoms with van der Waals surface area (Å²) in [6, 6.07) is 13.1. The number of rotatable bonds is 8. The molecule has 0 aliphatic rings. The molecule has 1 aromatic carbocycles. The molecule has 0 amide bonds. The zero-order valence-corrected chi connectivity index (χ0v) is 16.7. The van der Waals surface area contributed by atoms with Gasteiger partial charge in [-0.2, -0.15) is 5.10 Å². The molecule has 1 atom stereocenters. The molecule has 0 spiro atoms. The molecule has 0 bridgehead atoms. The summed E-state index contributed by atoms with van der Waals surface area (Å²) in [6.07, 6.45) is 4.74. The number of pyridine rings is 1. The van der Waals surface area contributed by atoms with E-state index in [4.69, 9.17) is 0 Å². The Balaban J connectivity index is 1.96. The maximum Gasteiger partial charge on any atom is 0.156 e. The first-order valence-corrected chi connectivity index (χ1v) is 9.63. The van der Waals surface area contributed by atoms with E-state index >= 15 is 0 Å². The highest BCUT2D eigenvalue weighted by Crippen LogP contribution is 2.36. The summed E-state index contributed by atoms with van der Waals surface area (Å²) in [5.41, 5.74) is 5.60. The van der Waals surface area contributed by atoms with Gasteiger partial charge < -0.3 is 10.2 Å². The number of nitrogens with one attached hydrogen (secondary N) is 2. The van der Waals surface area contributed by atoms with Gasteiger partial charge in [0.05, 0.1) is 11.3 Å². The van der Waals surface area contributed by atoms with Gasteiger partial charge in [0, 0.05) is 30.5 Å². The van der Waals surface area contributed by atoms with Crippen LogP contribution >= 0.6 is 0 Å². The molecule has 27 heavy (non-hydrogen) atoms. The Kier molecular flexibility index (Phi) is 6.24. The number of anilines is 1. The predicted molar refractivity (Wildman–Crippen MR) is 113 cm³/mol. The molecule has 3 rings (SSSR count). The minimum absolute atomic E-state index is 0.472. The van der Waals surface area contributed by atoms with Crippen LogP contribution in [0.2, 0.25) is 0 Å². The molecule has 142 valence electrons. The average Bonchev–Trinajstić information content (AvgIpc) is 3.13. The molecule has 5 nitrogen and oxygen atoms in total. The second-order valence-corrected chi connectivity index (χ2v) is 6.94. The Bertz CT molecular complexity index is 839. The van der Waals surface area contributed by atoms with Gasteiger partial charge in [-0.05, 0) is 44.6 Å². The second kappa shape index (κ2) is 8.82. The fourth-order valence-electron chi connectivity index (χ4n) is 3.28. The molecule has 5 heteroatoms. The summed E-state index contributed by atoms with van der Waals surface area (Å²) in [5, 5.41) is 11.4. The first-order chi connectivity index (χ1) is 13.1. The van der Waals surface area contributed by atoms with Gasteiger partial charge >= 0.3 is 0 Å². The molecular weight excluding hydrogens is 334 g/mol. The van der Waals surface area contributed by atoms with E-state index in [1.54, 1.807) is 0 Å². The number of benzene rings is 1. The fraction of sp³-hybridized carbons (Fsp3) is 0.364. The zero-order valence-electron chi connectivity index (χ0n) is 16.7. The van der Waals surface area contributed by atoms with Gasteiger partial charge in [-0.25, -0.2) is 0 Å². The standard InChI is InChI=1S/C22H29N5/c1-5-19(27(4)6-2)15-24-22-20(17-11-13-23-14-12-17)21(25-26-22)18-9-7-16(3)8-10-18/h7-14,19H,5-6,15H2,1-4H3,(H2,24,25,26). The maximum absolute atomic E-state index is 4.61. The van der Waals surface area contributed by atoms with Crippen molar-refractivity contribution in [3.05, 3.63) is 54.4 Å². The van der Waals surface area contributed by atoms with Crippen LogP contribution < -0.4 is 5.32 Å². The quantitative estimate of drug-likeness (QED) is 0.615. The van der Waals surface area contributed by atoms with Crippen molar-refractivity contribution in [2.24, 2.45) is 0 Å². The van der Waals surface area contributed by atoms with Crippen molar-refractivity contribution in [3.8, 4) is 22.4 Å². The summed E-state index contributed by atoms with van der Waals surface area (Å²) in [5.74, 6) is 0.889. The first-order valence-electron chi connectivity index (χ1n) is 9.63. The van der Waals surface area contributed by atoms with Crippen molar-refractivity contribution < 1.29 is 0 Å². The first kappa shape index (κ1) is 19.1. The van der Waals surface area contributed by atoms with Crippen LogP contribution in [0.1, 0.15) is 25.8 Å². The van der Waals surface area contributed by atoms with E-state index in [2.05, 4.69) is 77.5 Å². The summed E-state index contributed by atoms with van der Waals surface area (Å²) in [4.78, 5) is 6.53. The van der Waals surface area contributed by atoms with Gasteiger partial charge in [-0.3, -0.25) is 10.1 Å². The molecule has 0 aliphatic carbocycles. The van der Waals surface area contributed by atoms with Crippen LogP contribution in [-0.4, -0.2) is 46.3 Å². The molecule has 0 radical (unpaired) electrons. The van der Waals surface area contributed by atoms with Gasteiger partial charge in [-0.15, -0.1) is 0 Å². The molecule has 3 aromatic rings. The van der Waals surface area contributed by atoms with Gasteiger partial charge in [0.2, 0.25) is 0 Å². The molecule has 2 aromatic heterocycles. The van der Waals surface area contributed by atoms with Crippen molar-refractivity contribution in [1.29, 1.82) is 0 Å². The van der Waals surface area contributed by atoms with E-state index in [1.165, 1.54) is 5.56 Å². The Morgan fingerprint density at radius 1 is 1.04 bits per heavy atom. The Labute approximate surface area is 161 Å². The summed E-state index contributed by atoms with van der Waals surface area (Å²) in [7, 11) is 2.17. The third-order valence-electron chi connectivity index (χ3n) is 5.17. The second-order valence-electron chi connectivity index (χ2n) is 6.94. The molecule has 1 unspecified atom stereocenters. The van der Waals surface area contributed by atoms with Gasteiger partial charge in [0.1, 0.15) is 0 Å². The number of likely N-dealkylation sites (N-methyl/N-ethyl adjacent to an activating group) is 1. The Morgan fingerprint density at radius 2 is 1.74 bits per heavy atom. The average molecular weight is 364 g/mol. The monoisotopic (exact) mass is 363 g/mol. The van der Waals surface area contributed by atoms with E-state index in [0.29, 0.717) is 6.04 Å². The largest absolute Gasteiger partial charge is 0.366 e. The number of aromatic nitrogens is 3. The smallest absolute Gasteiger partial charge is 0.156 e. The van der Waals surface area contributed by atoms with Gasteiger partial charge in [0.15, 0.2) is 5.82 Å². The fourth-order valence-corrected chi connectivity index (χ4v) is 3.28. The molecule has 0 fully saturated rings. The van der Waals surface area contributed by atoms with Crippen LogP contribution in [0.15, 0.2) is 48.8 Å². The van der Waals surface area contributed by atoms with Crippen molar-refractivity contribution in [3.63, 3.8) is 0 Å². The van der Waals surface area contributed by atoms with Crippen LogP contribution in [0, 0.1) is 6.92 Å². The van der Waals surface area contributed by atoms with Gasteiger partial charge in [0.25, 0.3) is 0 Å². The lowest BCUT2D eigenvalue weighted by Crippen LogP contribution is -2.36. The predicted octanol–water partition coefficient (Wildman–Crippen LogP) is 4.59. The summed E-state index contributed by atoms with van der Waals surface area (Å²) < 4.78 is 0. The number of hydrogen-bond acceptors (Lipinski definition) is 4. The van der Waals surface area contributed by atoms with Crippen LogP contribution in [0.3, 0.4) is 0 Å². The summed E-state index contributed by atoms with van der Waals surface area (Å²) in [6.45, 7) is 8.41. The molecule has 0 aliphatic heterocycles. The highest BCUT2D eigenvalue weighted by Gasteiger charge is 2.18. The minimum Gasteiger partial charge on any atom is -0.366 e. The van der Waals surface area contributed by atoms with Crippen molar-refractivity contribution in [2.45, 2.75) is 33.2 Å². The van der Waals surface area contributed by atoms with E-state index in [-0.39, 0.29) is 0 Å². The van der Waals surface area contributed by atoms with Crippen LogP contribution in [0.4, 0.5) is 5.82 Å². The molecule has 2 heterocycles. The maximum atomic E-state index is 4.61. The summed E-state index contributed by atoms with van der Waals surface area (Å²) >= 11 is 0. The number of aryl methyl sites for hydroxylation is 1. The van der Waals surface area contributed by atoms with E-state index in [9.17, 15) is 0 Å². The zero-order chi connectivity index (χ0) is 19.2. The number of nitrogens with zero attached hydrogens (tertiary/aromatic N) is 3. The van der Waals surface area contributed by atoms with Crippen LogP contribution in [-0.2, 0) is 0 Å². The van der Waals surface area contributed by atoms with E-state index in [0.717, 1.165) is 47.7 Å². The van der Waals surface area contributed by atoms with Gasteiger partial charge in [-0.1, -0.05) is 43.7 Å². The molecule has 2 N–H and O–H groups in total. The highest BCUT2D eigenvalue weighted by atomic mass is 15.2. The Hall–Kier alpha value is -2.66. The van der Waals surface area contributed by atoms with Crippen molar-refractivity contribution >= 4 is 5.82 Å². The Morgan fingerprint density at radius 3 is 2.37 bits per heavy atom. The minimum atomic E-state index is 0.472. The third-order valence-corrected chi connectivity index (χ3v) is 5.17.